The van der Waals surface area contributed by atoms with Crippen LogP contribution in [0.15, 0.2) is 34.8 Å². The number of nitrogens with zero attached hydrogens (tertiary/aromatic N) is 3. The Kier molecular flexibility index (Phi) is 3.35. The minimum Gasteiger partial charge on any atom is -0.340 e. The van der Waals surface area contributed by atoms with Crippen molar-refractivity contribution < 1.29 is 0 Å². The van der Waals surface area contributed by atoms with Gasteiger partial charge in [-0.15, -0.1) is 0 Å². The normalized spacial score (nSPS) is 9.71. The van der Waals surface area contributed by atoms with Crippen molar-refractivity contribution in [3.63, 3.8) is 0 Å². The average molecular weight is 289 g/mol. The van der Waals surface area contributed by atoms with Gasteiger partial charge in [0.15, 0.2) is 0 Å². The molecule has 84 valence electrons. The number of nitriles is 1. The van der Waals surface area contributed by atoms with Gasteiger partial charge in [0.05, 0.1) is 0 Å². The van der Waals surface area contributed by atoms with Gasteiger partial charge in [-0.05, 0) is 25.1 Å². The molecule has 0 unspecified atom stereocenters. The highest BCUT2D eigenvalue weighted by Crippen LogP contribution is 2.19. The van der Waals surface area contributed by atoms with Crippen molar-refractivity contribution in [3.8, 4) is 6.07 Å². The predicted molar refractivity (Wildman–Crippen MR) is 68.9 cm³/mol. The van der Waals surface area contributed by atoms with Crippen LogP contribution in [0.3, 0.4) is 0 Å². The highest BCUT2D eigenvalue weighted by molar-refractivity contribution is 9.10. The van der Waals surface area contributed by atoms with E-state index in [2.05, 4.69) is 31.2 Å². The summed E-state index contributed by atoms with van der Waals surface area (Å²) in [7, 11) is 0. The van der Waals surface area contributed by atoms with Crippen molar-refractivity contribution in [1.82, 2.24) is 9.97 Å². The van der Waals surface area contributed by atoms with Crippen LogP contribution in [0.25, 0.3) is 0 Å². The molecule has 0 radical (unpaired) electrons. The molecule has 2 aromatic rings. The van der Waals surface area contributed by atoms with E-state index in [1.807, 2.05) is 30.3 Å². The standard InChI is InChI=1S/C12H9BrN4/c1-8-15-11(7-14)6-12(16-8)17-10-4-2-3-9(13)5-10/h2-6H,1H3,(H,15,16,17). The van der Waals surface area contributed by atoms with E-state index in [-0.39, 0.29) is 0 Å². The maximum absolute atomic E-state index is 8.82. The first kappa shape index (κ1) is 11.6. The van der Waals surface area contributed by atoms with Gasteiger partial charge >= 0.3 is 0 Å². The summed E-state index contributed by atoms with van der Waals surface area (Å²) >= 11 is 3.39. The molecule has 0 saturated heterocycles. The Bertz CT molecular complexity index is 589. The number of benzene rings is 1. The van der Waals surface area contributed by atoms with Crippen LogP contribution >= 0.6 is 15.9 Å². The van der Waals surface area contributed by atoms with Crippen molar-refractivity contribution in [2.45, 2.75) is 6.92 Å². The Labute approximate surface area is 107 Å². The van der Waals surface area contributed by atoms with Gasteiger partial charge < -0.3 is 5.32 Å². The molecular weight excluding hydrogens is 280 g/mol. The summed E-state index contributed by atoms with van der Waals surface area (Å²) in [5.41, 5.74) is 1.26. The van der Waals surface area contributed by atoms with E-state index in [1.54, 1.807) is 13.0 Å². The van der Waals surface area contributed by atoms with E-state index < -0.39 is 0 Å². The first-order valence-corrected chi connectivity index (χ1v) is 5.75. The summed E-state index contributed by atoms with van der Waals surface area (Å²) in [6, 6.07) is 11.3. The summed E-state index contributed by atoms with van der Waals surface area (Å²) < 4.78 is 0.980. The zero-order chi connectivity index (χ0) is 12.3. The number of rotatable bonds is 2. The molecule has 0 bridgehead atoms. The van der Waals surface area contributed by atoms with Crippen molar-refractivity contribution in [3.05, 3.63) is 46.3 Å². The number of nitrogens with one attached hydrogen (secondary N) is 1. The monoisotopic (exact) mass is 288 g/mol. The molecule has 0 fully saturated rings. The molecule has 1 heterocycles. The molecule has 0 aliphatic heterocycles. The van der Waals surface area contributed by atoms with E-state index in [0.717, 1.165) is 10.2 Å². The lowest BCUT2D eigenvalue weighted by Gasteiger charge is -2.06. The number of aromatic nitrogens is 2. The molecule has 0 aliphatic rings. The molecule has 0 saturated carbocycles. The third-order valence-corrected chi connectivity index (χ3v) is 2.54. The zero-order valence-electron chi connectivity index (χ0n) is 9.11. The van der Waals surface area contributed by atoms with Crippen LogP contribution in [0.2, 0.25) is 0 Å². The Morgan fingerprint density at radius 3 is 2.82 bits per heavy atom. The molecule has 0 atom stereocenters. The van der Waals surface area contributed by atoms with E-state index in [9.17, 15) is 0 Å². The van der Waals surface area contributed by atoms with E-state index in [1.165, 1.54) is 0 Å². The largest absolute Gasteiger partial charge is 0.340 e. The predicted octanol–water partition coefficient (Wildman–Crippen LogP) is 3.16. The average Bonchev–Trinajstić information content (AvgIpc) is 2.28. The summed E-state index contributed by atoms with van der Waals surface area (Å²) in [6.07, 6.45) is 0. The molecule has 1 aromatic heterocycles. The van der Waals surface area contributed by atoms with E-state index >= 15 is 0 Å². The number of hydrogen-bond donors (Lipinski definition) is 1. The van der Waals surface area contributed by atoms with Crippen LogP contribution in [-0.2, 0) is 0 Å². The highest BCUT2D eigenvalue weighted by Gasteiger charge is 2.01. The van der Waals surface area contributed by atoms with Gasteiger partial charge in [-0.25, -0.2) is 9.97 Å². The lowest BCUT2D eigenvalue weighted by molar-refractivity contribution is 1.04. The van der Waals surface area contributed by atoms with Crippen molar-refractivity contribution >= 4 is 27.4 Å². The summed E-state index contributed by atoms with van der Waals surface area (Å²) in [4.78, 5) is 8.21. The second-order valence-corrected chi connectivity index (χ2v) is 4.35. The lowest BCUT2D eigenvalue weighted by Crippen LogP contribution is -1.98. The summed E-state index contributed by atoms with van der Waals surface area (Å²) in [6.45, 7) is 1.76. The molecule has 0 aliphatic carbocycles. The number of anilines is 2. The van der Waals surface area contributed by atoms with Crippen molar-refractivity contribution in [2.24, 2.45) is 0 Å². The number of halogens is 1. The third kappa shape index (κ3) is 3.02. The molecular formula is C12H9BrN4. The van der Waals surface area contributed by atoms with Crippen LogP contribution in [0.5, 0.6) is 0 Å². The highest BCUT2D eigenvalue weighted by atomic mass is 79.9. The molecule has 1 aromatic carbocycles. The summed E-state index contributed by atoms with van der Waals surface area (Å²) in [5, 5.41) is 11.9. The van der Waals surface area contributed by atoms with Gasteiger partial charge in [-0.3, -0.25) is 0 Å². The van der Waals surface area contributed by atoms with E-state index in [0.29, 0.717) is 17.3 Å². The lowest BCUT2D eigenvalue weighted by atomic mass is 10.3. The van der Waals surface area contributed by atoms with Gasteiger partial charge in [0.2, 0.25) is 0 Å². The maximum Gasteiger partial charge on any atom is 0.146 e. The Hall–Kier alpha value is -1.93. The van der Waals surface area contributed by atoms with Crippen LogP contribution < -0.4 is 5.32 Å². The van der Waals surface area contributed by atoms with Gasteiger partial charge in [-0.2, -0.15) is 5.26 Å². The maximum atomic E-state index is 8.82. The van der Waals surface area contributed by atoms with Crippen LogP contribution in [0.1, 0.15) is 11.5 Å². The van der Waals surface area contributed by atoms with Gasteiger partial charge in [0, 0.05) is 16.2 Å². The summed E-state index contributed by atoms with van der Waals surface area (Å²) in [5.74, 6) is 1.19. The Morgan fingerprint density at radius 1 is 1.29 bits per heavy atom. The van der Waals surface area contributed by atoms with Crippen molar-refractivity contribution in [1.29, 1.82) is 5.26 Å². The molecule has 0 spiro atoms. The fourth-order valence-corrected chi connectivity index (χ4v) is 1.80. The molecule has 1 N–H and O–H groups in total. The van der Waals surface area contributed by atoms with Crippen LogP contribution in [0.4, 0.5) is 11.5 Å². The van der Waals surface area contributed by atoms with Gasteiger partial charge in [0.25, 0.3) is 0 Å². The molecule has 5 heteroatoms. The van der Waals surface area contributed by atoms with Crippen molar-refractivity contribution in [2.75, 3.05) is 5.32 Å². The van der Waals surface area contributed by atoms with Crippen LogP contribution in [0, 0.1) is 18.3 Å². The smallest absolute Gasteiger partial charge is 0.146 e. The number of aryl methyl sites for hydroxylation is 1. The first-order valence-electron chi connectivity index (χ1n) is 4.96. The molecule has 2 rings (SSSR count). The Morgan fingerprint density at radius 2 is 2.12 bits per heavy atom. The SMILES string of the molecule is Cc1nc(C#N)cc(Nc2cccc(Br)c2)n1. The zero-order valence-corrected chi connectivity index (χ0v) is 10.7. The van der Waals surface area contributed by atoms with Crippen LogP contribution in [-0.4, -0.2) is 9.97 Å². The minimum atomic E-state index is 0.356. The second-order valence-electron chi connectivity index (χ2n) is 3.43. The first-order chi connectivity index (χ1) is 8.17. The van der Waals surface area contributed by atoms with E-state index in [4.69, 9.17) is 5.26 Å². The topological polar surface area (TPSA) is 61.6 Å². The molecule has 0 amide bonds. The minimum absolute atomic E-state index is 0.356. The third-order valence-electron chi connectivity index (χ3n) is 2.05. The Balaban J connectivity index is 2.30. The fourth-order valence-electron chi connectivity index (χ4n) is 1.40. The van der Waals surface area contributed by atoms with Gasteiger partial charge in [-0.1, -0.05) is 22.0 Å². The number of hydrogen-bond acceptors (Lipinski definition) is 4. The van der Waals surface area contributed by atoms with Gasteiger partial charge in [0.1, 0.15) is 23.4 Å². The molecule has 17 heavy (non-hydrogen) atoms. The molecule has 4 nitrogen and oxygen atoms in total. The fraction of sp³-hybridized carbons (Fsp3) is 0.0833. The quantitative estimate of drug-likeness (QED) is 0.922. The second kappa shape index (κ2) is 4.93.